The summed E-state index contributed by atoms with van der Waals surface area (Å²) < 4.78 is 13.4. The van der Waals surface area contributed by atoms with Gasteiger partial charge in [0, 0.05) is 6.54 Å². The fourth-order valence-electron chi connectivity index (χ4n) is 1.64. The van der Waals surface area contributed by atoms with Gasteiger partial charge in [0.1, 0.15) is 11.6 Å². The molecule has 0 aliphatic carbocycles. The van der Waals surface area contributed by atoms with Gasteiger partial charge in [0.05, 0.1) is 5.69 Å². The van der Waals surface area contributed by atoms with Crippen LogP contribution in [0.4, 0.5) is 10.1 Å². The van der Waals surface area contributed by atoms with Crippen LogP contribution in [0.1, 0.15) is 11.1 Å². The summed E-state index contributed by atoms with van der Waals surface area (Å²) >= 11 is 0. The maximum atomic E-state index is 13.4. The van der Waals surface area contributed by atoms with Crippen molar-refractivity contribution in [1.82, 2.24) is 0 Å². The number of hydrogen-bond donors (Lipinski definition) is 2. The second kappa shape index (κ2) is 4.87. The summed E-state index contributed by atoms with van der Waals surface area (Å²) in [5, 5.41) is 12.3. The Morgan fingerprint density at radius 3 is 2.76 bits per heavy atom. The Hall–Kier alpha value is -2.03. The topological polar surface area (TPSA) is 32.3 Å². The van der Waals surface area contributed by atoms with Crippen LogP contribution < -0.4 is 5.32 Å². The zero-order chi connectivity index (χ0) is 12.3. The number of hydrogen-bond acceptors (Lipinski definition) is 2. The monoisotopic (exact) mass is 231 g/mol. The maximum Gasteiger partial charge on any atom is 0.146 e. The van der Waals surface area contributed by atoms with Gasteiger partial charge in [0.25, 0.3) is 0 Å². The van der Waals surface area contributed by atoms with Crippen LogP contribution in [0.15, 0.2) is 42.5 Å². The van der Waals surface area contributed by atoms with E-state index in [0.717, 1.165) is 11.1 Å². The molecular weight excluding hydrogens is 217 g/mol. The van der Waals surface area contributed by atoms with Crippen LogP contribution in [0.3, 0.4) is 0 Å². The number of halogens is 1. The lowest BCUT2D eigenvalue weighted by Gasteiger charge is -2.08. The second-order valence-corrected chi connectivity index (χ2v) is 4.01. The molecule has 2 aromatic rings. The van der Waals surface area contributed by atoms with Crippen molar-refractivity contribution in [1.29, 1.82) is 0 Å². The summed E-state index contributed by atoms with van der Waals surface area (Å²) in [6.45, 7) is 2.40. The smallest absolute Gasteiger partial charge is 0.146 e. The van der Waals surface area contributed by atoms with Gasteiger partial charge >= 0.3 is 0 Å². The minimum atomic E-state index is -0.268. The highest BCUT2D eigenvalue weighted by Crippen LogP contribution is 2.17. The van der Waals surface area contributed by atoms with Gasteiger partial charge in [-0.15, -0.1) is 0 Å². The molecule has 0 amide bonds. The minimum Gasteiger partial charge on any atom is -0.508 e. The summed E-state index contributed by atoms with van der Waals surface area (Å²) in [6, 6.07) is 11.8. The number of aryl methyl sites for hydroxylation is 1. The predicted octanol–water partition coefficient (Wildman–Crippen LogP) is 3.45. The fraction of sp³-hybridized carbons (Fsp3) is 0.143. The molecular formula is C14H14FNO. The molecule has 0 aliphatic heterocycles. The summed E-state index contributed by atoms with van der Waals surface area (Å²) in [6.07, 6.45) is 0. The average molecular weight is 231 g/mol. The molecule has 0 saturated carbocycles. The number of rotatable bonds is 3. The molecule has 0 bridgehead atoms. The summed E-state index contributed by atoms with van der Waals surface area (Å²) in [7, 11) is 0. The zero-order valence-corrected chi connectivity index (χ0v) is 9.57. The third-order valence-corrected chi connectivity index (χ3v) is 2.52. The van der Waals surface area contributed by atoms with Gasteiger partial charge in [-0.25, -0.2) is 4.39 Å². The Bertz CT molecular complexity index is 525. The quantitative estimate of drug-likeness (QED) is 0.848. The maximum absolute atomic E-state index is 13.4. The van der Waals surface area contributed by atoms with E-state index in [1.165, 1.54) is 6.07 Å². The molecule has 0 unspecified atom stereocenters. The van der Waals surface area contributed by atoms with E-state index in [1.54, 1.807) is 30.3 Å². The Kier molecular flexibility index (Phi) is 3.28. The van der Waals surface area contributed by atoms with E-state index < -0.39 is 0 Å². The van der Waals surface area contributed by atoms with Crippen molar-refractivity contribution in [2.45, 2.75) is 13.5 Å². The Balaban J connectivity index is 2.09. The lowest BCUT2D eigenvalue weighted by atomic mass is 10.2. The Morgan fingerprint density at radius 1 is 1.18 bits per heavy atom. The predicted molar refractivity (Wildman–Crippen MR) is 66.6 cm³/mol. The number of phenolic OH excluding ortho intramolecular Hbond substituents is 1. The van der Waals surface area contributed by atoms with Crippen LogP contribution in [0.25, 0.3) is 0 Å². The van der Waals surface area contributed by atoms with Gasteiger partial charge in [-0.1, -0.05) is 18.2 Å². The van der Waals surface area contributed by atoms with E-state index in [-0.39, 0.29) is 11.6 Å². The summed E-state index contributed by atoms with van der Waals surface area (Å²) in [4.78, 5) is 0. The van der Waals surface area contributed by atoms with E-state index in [0.29, 0.717) is 12.2 Å². The van der Waals surface area contributed by atoms with Gasteiger partial charge in [-0.3, -0.25) is 0 Å². The standard InChI is InChI=1S/C14H14FNO/c1-10-5-6-13(15)14(7-10)16-9-11-3-2-4-12(17)8-11/h2-8,16-17H,9H2,1H3. The first kappa shape index (κ1) is 11.5. The molecule has 0 saturated heterocycles. The Labute approximate surface area is 99.7 Å². The van der Waals surface area contributed by atoms with Crippen LogP contribution in [0, 0.1) is 12.7 Å². The van der Waals surface area contributed by atoms with Crippen molar-refractivity contribution < 1.29 is 9.50 Å². The summed E-state index contributed by atoms with van der Waals surface area (Å²) in [5.74, 6) is -0.0511. The zero-order valence-electron chi connectivity index (χ0n) is 9.57. The van der Waals surface area contributed by atoms with Crippen LogP contribution >= 0.6 is 0 Å². The van der Waals surface area contributed by atoms with Crippen molar-refractivity contribution in [3.63, 3.8) is 0 Å². The second-order valence-electron chi connectivity index (χ2n) is 4.01. The summed E-state index contributed by atoms with van der Waals surface area (Å²) in [5.41, 5.74) is 2.39. The molecule has 0 atom stereocenters. The molecule has 2 aromatic carbocycles. The van der Waals surface area contributed by atoms with Crippen molar-refractivity contribution in [3.8, 4) is 5.75 Å². The Morgan fingerprint density at radius 2 is 2.00 bits per heavy atom. The first-order valence-corrected chi connectivity index (χ1v) is 5.43. The minimum absolute atomic E-state index is 0.217. The average Bonchev–Trinajstić information content (AvgIpc) is 2.30. The van der Waals surface area contributed by atoms with Crippen molar-refractivity contribution in [2.24, 2.45) is 0 Å². The molecule has 0 radical (unpaired) electrons. The molecule has 2 nitrogen and oxygen atoms in total. The molecule has 17 heavy (non-hydrogen) atoms. The van der Waals surface area contributed by atoms with E-state index in [9.17, 15) is 9.50 Å². The molecule has 0 spiro atoms. The van der Waals surface area contributed by atoms with E-state index in [1.807, 2.05) is 13.0 Å². The molecule has 2 N–H and O–H groups in total. The lowest BCUT2D eigenvalue weighted by Crippen LogP contribution is -2.01. The van der Waals surface area contributed by atoms with Crippen molar-refractivity contribution in [3.05, 3.63) is 59.4 Å². The van der Waals surface area contributed by atoms with Crippen molar-refractivity contribution >= 4 is 5.69 Å². The lowest BCUT2D eigenvalue weighted by molar-refractivity contribution is 0.474. The highest BCUT2D eigenvalue weighted by atomic mass is 19.1. The first-order chi connectivity index (χ1) is 8.15. The van der Waals surface area contributed by atoms with E-state index in [4.69, 9.17) is 0 Å². The van der Waals surface area contributed by atoms with Gasteiger partial charge in [0.2, 0.25) is 0 Å². The number of nitrogens with one attached hydrogen (secondary N) is 1. The number of benzene rings is 2. The highest BCUT2D eigenvalue weighted by Gasteiger charge is 2.02. The van der Waals surface area contributed by atoms with Crippen molar-refractivity contribution in [2.75, 3.05) is 5.32 Å². The fourth-order valence-corrected chi connectivity index (χ4v) is 1.64. The van der Waals surface area contributed by atoms with Gasteiger partial charge in [0.15, 0.2) is 0 Å². The molecule has 0 aliphatic rings. The van der Waals surface area contributed by atoms with Gasteiger partial charge < -0.3 is 10.4 Å². The van der Waals surface area contributed by atoms with Gasteiger partial charge in [-0.05, 0) is 42.3 Å². The third kappa shape index (κ3) is 2.97. The SMILES string of the molecule is Cc1ccc(F)c(NCc2cccc(O)c2)c1. The molecule has 0 heterocycles. The molecule has 88 valence electrons. The molecule has 2 rings (SSSR count). The number of anilines is 1. The third-order valence-electron chi connectivity index (χ3n) is 2.52. The first-order valence-electron chi connectivity index (χ1n) is 5.43. The van der Waals surface area contributed by atoms with Crippen LogP contribution in [-0.2, 0) is 6.54 Å². The largest absolute Gasteiger partial charge is 0.508 e. The van der Waals surface area contributed by atoms with Gasteiger partial charge in [-0.2, -0.15) is 0 Å². The van der Waals surface area contributed by atoms with Crippen LogP contribution in [-0.4, -0.2) is 5.11 Å². The van der Waals surface area contributed by atoms with E-state index >= 15 is 0 Å². The normalized spacial score (nSPS) is 10.2. The van der Waals surface area contributed by atoms with Crippen LogP contribution in [0.2, 0.25) is 0 Å². The number of aromatic hydroxyl groups is 1. The van der Waals surface area contributed by atoms with Crippen LogP contribution in [0.5, 0.6) is 5.75 Å². The highest BCUT2D eigenvalue weighted by molar-refractivity contribution is 5.47. The van der Waals surface area contributed by atoms with E-state index in [2.05, 4.69) is 5.32 Å². The number of phenols is 1. The molecule has 0 fully saturated rings. The molecule has 3 heteroatoms. The molecule has 0 aromatic heterocycles.